The lowest BCUT2D eigenvalue weighted by molar-refractivity contribution is -0.146. The molecule has 2 fully saturated rings. The molecule has 0 aliphatic heterocycles. The molecular weight excluding hydrogens is 262 g/mol. The molecule has 2 aliphatic carbocycles. The van der Waals surface area contributed by atoms with Gasteiger partial charge < -0.3 is 10.4 Å². The van der Waals surface area contributed by atoms with Crippen LogP contribution in [-0.4, -0.2) is 34.5 Å². The second-order valence-corrected chi connectivity index (χ2v) is 7.14. The third kappa shape index (κ3) is 3.44. The fraction of sp³-hybridized carbons (Fsp3) is 0.857. The van der Waals surface area contributed by atoms with Gasteiger partial charge in [-0.1, -0.05) is 6.92 Å². The summed E-state index contributed by atoms with van der Waals surface area (Å²) in [4.78, 5) is 23.5. The van der Waals surface area contributed by atoms with Crippen LogP contribution in [0.25, 0.3) is 0 Å². The fourth-order valence-electron chi connectivity index (χ4n) is 3.45. The average molecular weight is 285 g/mol. The zero-order valence-electron chi connectivity index (χ0n) is 11.6. The molecule has 0 aromatic carbocycles. The van der Waals surface area contributed by atoms with Crippen LogP contribution >= 0.6 is 11.8 Å². The van der Waals surface area contributed by atoms with Gasteiger partial charge in [0.1, 0.15) is 0 Å². The van der Waals surface area contributed by atoms with Gasteiger partial charge in [-0.25, -0.2) is 0 Å². The van der Waals surface area contributed by atoms with E-state index in [1.54, 1.807) is 0 Å². The van der Waals surface area contributed by atoms with Crippen molar-refractivity contribution in [2.24, 2.45) is 17.8 Å². The number of hydrogen-bond donors (Lipinski definition) is 2. The van der Waals surface area contributed by atoms with Crippen molar-refractivity contribution in [3.05, 3.63) is 0 Å². The molecule has 0 spiro atoms. The number of aliphatic carboxylic acids is 1. The van der Waals surface area contributed by atoms with Crippen LogP contribution in [0.15, 0.2) is 0 Å². The highest BCUT2D eigenvalue weighted by Gasteiger charge is 2.42. The summed E-state index contributed by atoms with van der Waals surface area (Å²) in [5.74, 6) is -1.35. The largest absolute Gasteiger partial charge is 0.481 e. The Balaban J connectivity index is 1.90. The van der Waals surface area contributed by atoms with Crippen molar-refractivity contribution in [1.29, 1.82) is 0 Å². The lowest BCUT2D eigenvalue weighted by atomic mass is 9.95. The Labute approximate surface area is 118 Å². The van der Waals surface area contributed by atoms with E-state index < -0.39 is 11.9 Å². The normalized spacial score (nSPS) is 38.3. The first-order chi connectivity index (χ1) is 9.01. The second-order valence-electron chi connectivity index (χ2n) is 6.00. The highest BCUT2D eigenvalue weighted by Crippen LogP contribution is 2.37. The standard InChI is InChI=1S/C14H23NO3S/c1-8-5-11(12(6-8)14(17)18)13(16)15-9-3-4-10(7-9)19-2/h8-12H,3-7H2,1-2H3,(H,15,16)(H,17,18)/t8?,9?,10?,11-,12+/m0/s1. The number of carboxylic acids is 1. The van der Waals surface area contributed by atoms with Gasteiger partial charge >= 0.3 is 5.97 Å². The number of rotatable bonds is 4. The number of carboxylic acid groups (broad SMARTS) is 1. The van der Waals surface area contributed by atoms with Gasteiger partial charge in [-0.15, -0.1) is 0 Å². The van der Waals surface area contributed by atoms with Crippen LogP contribution in [0.1, 0.15) is 39.0 Å². The van der Waals surface area contributed by atoms with Gasteiger partial charge in [0.15, 0.2) is 0 Å². The number of carbonyl (C=O) groups excluding carboxylic acids is 1. The predicted octanol–water partition coefficient (Wildman–Crippen LogP) is 2.13. The zero-order valence-corrected chi connectivity index (χ0v) is 12.4. The summed E-state index contributed by atoms with van der Waals surface area (Å²) in [7, 11) is 0. The van der Waals surface area contributed by atoms with Gasteiger partial charge in [0, 0.05) is 11.3 Å². The first-order valence-electron chi connectivity index (χ1n) is 7.07. The smallest absolute Gasteiger partial charge is 0.307 e. The van der Waals surface area contributed by atoms with Crippen molar-refractivity contribution in [3.8, 4) is 0 Å². The number of carbonyl (C=O) groups is 2. The lowest BCUT2D eigenvalue weighted by Gasteiger charge is -2.19. The van der Waals surface area contributed by atoms with Crippen LogP contribution in [0.3, 0.4) is 0 Å². The molecule has 0 bridgehead atoms. The van der Waals surface area contributed by atoms with Gasteiger partial charge in [0.05, 0.1) is 11.8 Å². The Kier molecular flexibility index (Phi) is 4.76. The quantitative estimate of drug-likeness (QED) is 0.830. The molecule has 0 saturated heterocycles. The monoisotopic (exact) mass is 285 g/mol. The van der Waals surface area contributed by atoms with E-state index in [-0.39, 0.29) is 17.9 Å². The number of nitrogens with one attached hydrogen (secondary N) is 1. The van der Waals surface area contributed by atoms with Crippen LogP contribution in [0.2, 0.25) is 0 Å². The van der Waals surface area contributed by atoms with Gasteiger partial charge in [-0.05, 0) is 44.3 Å². The highest BCUT2D eigenvalue weighted by atomic mass is 32.2. The number of hydrogen-bond acceptors (Lipinski definition) is 3. The van der Waals surface area contributed by atoms with E-state index in [2.05, 4.69) is 11.6 Å². The van der Waals surface area contributed by atoms with E-state index in [4.69, 9.17) is 0 Å². The molecular formula is C14H23NO3S. The summed E-state index contributed by atoms with van der Waals surface area (Å²) < 4.78 is 0. The minimum Gasteiger partial charge on any atom is -0.481 e. The van der Waals surface area contributed by atoms with Crippen molar-refractivity contribution < 1.29 is 14.7 Å². The maximum atomic E-state index is 12.3. The molecule has 2 saturated carbocycles. The van der Waals surface area contributed by atoms with Gasteiger partial charge in [0.25, 0.3) is 0 Å². The van der Waals surface area contributed by atoms with Crippen LogP contribution in [0.5, 0.6) is 0 Å². The molecule has 5 heteroatoms. The number of amides is 1. The van der Waals surface area contributed by atoms with Gasteiger partial charge in [0.2, 0.25) is 5.91 Å². The molecule has 19 heavy (non-hydrogen) atoms. The molecule has 5 atom stereocenters. The topological polar surface area (TPSA) is 66.4 Å². The zero-order chi connectivity index (χ0) is 14.0. The van der Waals surface area contributed by atoms with Crippen LogP contribution in [0, 0.1) is 17.8 Å². The van der Waals surface area contributed by atoms with E-state index in [0.717, 1.165) is 19.3 Å². The Morgan fingerprint density at radius 2 is 1.84 bits per heavy atom. The van der Waals surface area contributed by atoms with E-state index >= 15 is 0 Å². The van der Waals surface area contributed by atoms with Crippen LogP contribution in [-0.2, 0) is 9.59 Å². The third-order valence-electron chi connectivity index (χ3n) is 4.52. The summed E-state index contributed by atoms with van der Waals surface area (Å²) in [5.41, 5.74) is 0. The van der Waals surface area contributed by atoms with Crippen molar-refractivity contribution in [1.82, 2.24) is 5.32 Å². The molecule has 0 heterocycles. The minimum absolute atomic E-state index is 0.0384. The highest BCUT2D eigenvalue weighted by molar-refractivity contribution is 7.99. The van der Waals surface area contributed by atoms with Crippen molar-refractivity contribution in [3.63, 3.8) is 0 Å². The molecule has 0 aromatic rings. The molecule has 2 rings (SSSR count). The number of thioether (sulfide) groups is 1. The molecule has 2 aliphatic rings. The van der Waals surface area contributed by atoms with Gasteiger partial charge in [-0.2, -0.15) is 11.8 Å². The predicted molar refractivity (Wildman–Crippen MR) is 76.1 cm³/mol. The Bertz CT molecular complexity index is 361. The molecule has 2 N–H and O–H groups in total. The van der Waals surface area contributed by atoms with Crippen molar-refractivity contribution >= 4 is 23.6 Å². The maximum absolute atomic E-state index is 12.3. The van der Waals surface area contributed by atoms with Gasteiger partial charge in [-0.3, -0.25) is 9.59 Å². The average Bonchev–Trinajstić information content (AvgIpc) is 2.95. The summed E-state index contributed by atoms with van der Waals surface area (Å²) in [5, 5.41) is 12.9. The maximum Gasteiger partial charge on any atom is 0.307 e. The minimum atomic E-state index is -0.821. The summed E-state index contributed by atoms with van der Waals surface area (Å²) >= 11 is 1.86. The molecule has 1 amide bonds. The van der Waals surface area contributed by atoms with Crippen molar-refractivity contribution in [2.45, 2.75) is 50.3 Å². The Morgan fingerprint density at radius 1 is 1.16 bits per heavy atom. The molecule has 4 nitrogen and oxygen atoms in total. The third-order valence-corrected chi connectivity index (χ3v) is 5.61. The molecule has 0 radical (unpaired) electrons. The van der Waals surface area contributed by atoms with Crippen LogP contribution in [0.4, 0.5) is 0 Å². The van der Waals surface area contributed by atoms with Crippen LogP contribution < -0.4 is 5.32 Å². The summed E-state index contributed by atoms with van der Waals surface area (Å²) in [6, 6.07) is 0.246. The Hall–Kier alpha value is -0.710. The lowest BCUT2D eigenvalue weighted by Crippen LogP contribution is -2.40. The van der Waals surface area contributed by atoms with E-state index in [0.29, 0.717) is 24.0 Å². The fourth-order valence-corrected chi connectivity index (χ4v) is 4.24. The van der Waals surface area contributed by atoms with E-state index in [1.807, 2.05) is 18.7 Å². The summed E-state index contributed by atoms with van der Waals surface area (Å²) in [6.07, 6.45) is 6.64. The molecule has 0 aromatic heterocycles. The molecule has 108 valence electrons. The van der Waals surface area contributed by atoms with Crippen molar-refractivity contribution in [2.75, 3.05) is 6.26 Å². The van der Waals surface area contributed by atoms with E-state index in [9.17, 15) is 14.7 Å². The SMILES string of the molecule is CSC1CCC(NC(=O)[C@H]2CC(C)C[C@H]2C(=O)O)C1. The van der Waals surface area contributed by atoms with E-state index in [1.165, 1.54) is 0 Å². The summed E-state index contributed by atoms with van der Waals surface area (Å²) in [6.45, 7) is 2.03. The Morgan fingerprint density at radius 3 is 2.42 bits per heavy atom. The first-order valence-corrected chi connectivity index (χ1v) is 8.36. The second kappa shape index (κ2) is 6.16. The first kappa shape index (κ1) is 14.7. The molecule has 3 unspecified atom stereocenters.